The maximum absolute atomic E-state index is 12.1. The summed E-state index contributed by atoms with van der Waals surface area (Å²) in [6.45, 7) is 6.45. The fourth-order valence-electron chi connectivity index (χ4n) is 1.84. The summed E-state index contributed by atoms with van der Waals surface area (Å²) in [5, 5.41) is 3.58. The maximum atomic E-state index is 12.1. The fraction of sp³-hybridized carbons (Fsp3) is 0.533. The molecule has 1 aromatic carbocycles. The van der Waals surface area contributed by atoms with Crippen LogP contribution in [0.2, 0.25) is 5.02 Å². The minimum Gasteiger partial charge on any atom is -0.354 e. The first-order valence-electron chi connectivity index (χ1n) is 6.74. The molecule has 0 radical (unpaired) electrons. The van der Waals surface area contributed by atoms with Crippen molar-refractivity contribution in [1.82, 2.24) is 5.32 Å². The number of nitrogens with two attached hydrogens (primary N) is 1. The lowest BCUT2D eigenvalue weighted by Gasteiger charge is -2.27. The molecule has 0 heterocycles. The molecule has 20 heavy (non-hydrogen) atoms. The van der Waals surface area contributed by atoms with Gasteiger partial charge in [-0.05, 0) is 37.5 Å². The van der Waals surface area contributed by atoms with Gasteiger partial charge in [-0.25, -0.2) is 0 Å². The highest BCUT2D eigenvalue weighted by Crippen LogP contribution is 2.19. The number of nitrogens with one attached hydrogen (secondary N) is 1. The fourth-order valence-corrected chi connectivity index (χ4v) is 2.04. The van der Waals surface area contributed by atoms with Crippen LogP contribution < -0.4 is 11.1 Å². The van der Waals surface area contributed by atoms with Crippen molar-refractivity contribution in [2.24, 2.45) is 5.73 Å². The predicted molar refractivity (Wildman–Crippen MR) is 87.6 cm³/mol. The summed E-state index contributed by atoms with van der Waals surface area (Å²) >= 11 is 5.94. The van der Waals surface area contributed by atoms with Gasteiger partial charge in [-0.3, -0.25) is 4.79 Å². The van der Waals surface area contributed by atoms with Gasteiger partial charge in [-0.2, -0.15) is 0 Å². The number of carbonyl (C=O) groups excluding carboxylic acids is 1. The van der Waals surface area contributed by atoms with Gasteiger partial charge in [-0.1, -0.05) is 37.6 Å². The van der Waals surface area contributed by atoms with Crippen molar-refractivity contribution in [3.8, 4) is 0 Å². The molecule has 0 bridgehead atoms. The molecule has 0 spiro atoms. The number of hydrogen-bond acceptors (Lipinski definition) is 2. The van der Waals surface area contributed by atoms with E-state index in [1.807, 2.05) is 39.0 Å². The van der Waals surface area contributed by atoms with Gasteiger partial charge in [0, 0.05) is 17.1 Å². The predicted octanol–water partition coefficient (Wildman–Crippen LogP) is 3.50. The lowest BCUT2D eigenvalue weighted by atomic mass is 9.93. The van der Waals surface area contributed by atoms with Gasteiger partial charge in [0.15, 0.2) is 0 Å². The van der Waals surface area contributed by atoms with Crippen LogP contribution in [0, 0.1) is 0 Å². The van der Waals surface area contributed by atoms with Gasteiger partial charge >= 0.3 is 0 Å². The van der Waals surface area contributed by atoms with Crippen LogP contribution in [0.15, 0.2) is 24.3 Å². The first-order chi connectivity index (χ1) is 8.91. The van der Waals surface area contributed by atoms with Gasteiger partial charge in [0.1, 0.15) is 0 Å². The Hall–Kier alpha value is -0.770. The van der Waals surface area contributed by atoms with Crippen molar-refractivity contribution in [3.05, 3.63) is 34.9 Å². The number of carbonyl (C=O) groups is 1. The van der Waals surface area contributed by atoms with E-state index in [0.29, 0.717) is 11.6 Å². The Balaban J connectivity index is 0.00000361. The van der Waals surface area contributed by atoms with Gasteiger partial charge in [-0.15, -0.1) is 12.4 Å². The number of amides is 1. The van der Waals surface area contributed by atoms with Crippen molar-refractivity contribution in [2.75, 3.05) is 6.54 Å². The van der Waals surface area contributed by atoms with E-state index in [0.717, 1.165) is 18.4 Å². The molecule has 114 valence electrons. The topological polar surface area (TPSA) is 55.1 Å². The summed E-state index contributed by atoms with van der Waals surface area (Å²) < 4.78 is 0. The zero-order valence-electron chi connectivity index (χ0n) is 12.3. The first kappa shape index (κ1) is 19.2. The van der Waals surface area contributed by atoms with Crippen LogP contribution in [0.25, 0.3) is 0 Å². The molecule has 0 aliphatic heterocycles. The summed E-state index contributed by atoms with van der Waals surface area (Å²) in [6.07, 6.45) is 1.69. The van der Waals surface area contributed by atoms with Crippen LogP contribution in [0.5, 0.6) is 0 Å². The molecule has 0 aromatic heterocycles. The molecule has 0 aliphatic rings. The number of rotatable bonds is 6. The minimum atomic E-state index is -0.316. The normalized spacial score (nSPS) is 12.4. The summed E-state index contributed by atoms with van der Waals surface area (Å²) in [4.78, 5) is 12.1. The van der Waals surface area contributed by atoms with E-state index in [2.05, 4.69) is 5.32 Å². The standard InChI is InChI=1S/C15H23ClN2O.ClH/c1-4-15(17,5-2)10-18-14(19)11(3)12-7-6-8-13(16)9-12;/h6-9,11H,4-5,10,17H2,1-3H3,(H,18,19);1H. The maximum Gasteiger partial charge on any atom is 0.227 e. The van der Waals surface area contributed by atoms with Crippen molar-refractivity contribution in [3.63, 3.8) is 0 Å². The van der Waals surface area contributed by atoms with E-state index in [-0.39, 0.29) is 29.8 Å². The summed E-state index contributed by atoms with van der Waals surface area (Å²) in [7, 11) is 0. The Morgan fingerprint density at radius 1 is 1.40 bits per heavy atom. The Labute approximate surface area is 132 Å². The van der Waals surface area contributed by atoms with Crippen LogP contribution in [0.1, 0.15) is 45.1 Å². The summed E-state index contributed by atoms with van der Waals surface area (Å²) in [5.74, 6) is -0.240. The molecule has 0 saturated carbocycles. The Morgan fingerprint density at radius 3 is 2.50 bits per heavy atom. The van der Waals surface area contributed by atoms with E-state index in [1.54, 1.807) is 6.07 Å². The molecule has 1 aromatic rings. The molecule has 3 N–H and O–H groups in total. The zero-order chi connectivity index (χ0) is 14.5. The minimum absolute atomic E-state index is 0. The summed E-state index contributed by atoms with van der Waals surface area (Å²) in [6, 6.07) is 7.38. The van der Waals surface area contributed by atoms with Gasteiger partial charge in [0.05, 0.1) is 5.92 Å². The molecule has 1 amide bonds. The van der Waals surface area contributed by atoms with E-state index >= 15 is 0 Å². The molecule has 0 fully saturated rings. The zero-order valence-corrected chi connectivity index (χ0v) is 13.9. The van der Waals surface area contributed by atoms with E-state index < -0.39 is 0 Å². The second-order valence-electron chi connectivity index (χ2n) is 5.06. The number of benzene rings is 1. The lowest BCUT2D eigenvalue weighted by Crippen LogP contribution is -2.49. The average Bonchev–Trinajstić information content (AvgIpc) is 2.43. The molecule has 3 nitrogen and oxygen atoms in total. The van der Waals surface area contributed by atoms with Gasteiger partial charge in [0.2, 0.25) is 5.91 Å². The highest BCUT2D eigenvalue weighted by molar-refractivity contribution is 6.30. The third-order valence-electron chi connectivity index (χ3n) is 3.76. The highest BCUT2D eigenvalue weighted by Gasteiger charge is 2.23. The quantitative estimate of drug-likeness (QED) is 0.843. The molecular formula is C15H24Cl2N2O. The Kier molecular flexibility index (Phi) is 8.17. The van der Waals surface area contributed by atoms with Gasteiger partial charge in [0.25, 0.3) is 0 Å². The third kappa shape index (κ3) is 5.31. The summed E-state index contributed by atoms with van der Waals surface area (Å²) in [5.41, 5.74) is 6.77. The highest BCUT2D eigenvalue weighted by atomic mass is 35.5. The number of hydrogen-bond donors (Lipinski definition) is 2. The molecule has 1 atom stereocenters. The van der Waals surface area contributed by atoms with Crippen LogP contribution in [0.3, 0.4) is 0 Å². The smallest absolute Gasteiger partial charge is 0.227 e. The second kappa shape index (κ2) is 8.50. The molecular weight excluding hydrogens is 295 g/mol. The molecule has 0 aliphatic carbocycles. The average molecular weight is 319 g/mol. The van der Waals surface area contributed by atoms with E-state index in [1.165, 1.54) is 0 Å². The van der Waals surface area contributed by atoms with Crippen LogP contribution in [-0.2, 0) is 4.79 Å². The van der Waals surface area contributed by atoms with E-state index in [9.17, 15) is 4.79 Å². The van der Waals surface area contributed by atoms with Crippen LogP contribution in [-0.4, -0.2) is 18.0 Å². The number of halogens is 2. The van der Waals surface area contributed by atoms with Crippen LogP contribution in [0.4, 0.5) is 0 Å². The molecule has 0 saturated heterocycles. The van der Waals surface area contributed by atoms with E-state index in [4.69, 9.17) is 17.3 Å². The SMILES string of the molecule is CCC(N)(CC)CNC(=O)C(C)c1cccc(Cl)c1.Cl. The second-order valence-corrected chi connectivity index (χ2v) is 5.50. The molecule has 1 rings (SSSR count). The monoisotopic (exact) mass is 318 g/mol. The third-order valence-corrected chi connectivity index (χ3v) is 4.00. The lowest BCUT2D eigenvalue weighted by molar-refractivity contribution is -0.122. The van der Waals surface area contributed by atoms with Gasteiger partial charge < -0.3 is 11.1 Å². The van der Waals surface area contributed by atoms with Crippen molar-refractivity contribution in [2.45, 2.75) is 45.1 Å². The largest absolute Gasteiger partial charge is 0.354 e. The van der Waals surface area contributed by atoms with Crippen molar-refractivity contribution < 1.29 is 4.79 Å². The molecule has 5 heteroatoms. The Morgan fingerprint density at radius 2 is 2.00 bits per heavy atom. The van der Waals surface area contributed by atoms with Crippen molar-refractivity contribution in [1.29, 1.82) is 0 Å². The molecule has 1 unspecified atom stereocenters. The Bertz CT molecular complexity index is 434. The van der Waals surface area contributed by atoms with Crippen molar-refractivity contribution >= 4 is 29.9 Å². The first-order valence-corrected chi connectivity index (χ1v) is 7.11. The van der Waals surface area contributed by atoms with Crippen LogP contribution >= 0.6 is 24.0 Å².